The molecule has 1 rings (SSSR count). The fourth-order valence-electron chi connectivity index (χ4n) is 1.80. The van der Waals surface area contributed by atoms with E-state index in [1.807, 2.05) is 30.3 Å². The van der Waals surface area contributed by atoms with Gasteiger partial charge in [-0.05, 0) is 24.5 Å². The molecule has 1 unspecified atom stereocenters. The van der Waals surface area contributed by atoms with E-state index in [2.05, 4.69) is 31.4 Å². The first kappa shape index (κ1) is 13.7. The maximum atomic E-state index is 11.7. The normalized spacial score (nSPS) is 12.5. The molecule has 0 bridgehead atoms. The van der Waals surface area contributed by atoms with Gasteiger partial charge in [-0.2, -0.15) is 0 Å². The first-order valence-electron chi connectivity index (χ1n) is 6.21. The number of anilines is 1. The Morgan fingerprint density at radius 2 is 1.88 bits per heavy atom. The number of carbonyl (C=O) groups is 1. The van der Waals surface area contributed by atoms with Gasteiger partial charge < -0.3 is 10.6 Å². The molecule has 17 heavy (non-hydrogen) atoms. The molecule has 0 fully saturated rings. The molecule has 0 saturated heterocycles. The predicted molar refractivity (Wildman–Crippen MR) is 72.0 cm³/mol. The summed E-state index contributed by atoms with van der Waals surface area (Å²) in [6.45, 7) is 6.82. The standard InChI is InChI=1S/C14H22N2O/c1-4-13(11(2)3)15-10-14(17)16-12-8-6-5-7-9-12/h5-9,11,13,15H,4,10H2,1-3H3,(H,16,17). The van der Waals surface area contributed by atoms with E-state index < -0.39 is 0 Å². The van der Waals surface area contributed by atoms with Gasteiger partial charge in [0.2, 0.25) is 5.91 Å². The summed E-state index contributed by atoms with van der Waals surface area (Å²) in [5.41, 5.74) is 0.844. The first-order valence-corrected chi connectivity index (χ1v) is 6.21. The van der Waals surface area contributed by atoms with Crippen molar-refractivity contribution in [1.82, 2.24) is 5.32 Å². The highest BCUT2D eigenvalue weighted by molar-refractivity contribution is 5.92. The molecule has 1 atom stereocenters. The minimum atomic E-state index is 0.00954. The van der Waals surface area contributed by atoms with Crippen LogP contribution in [0.3, 0.4) is 0 Å². The van der Waals surface area contributed by atoms with Crippen molar-refractivity contribution < 1.29 is 4.79 Å². The second-order valence-corrected chi connectivity index (χ2v) is 4.55. The van der Waals surface area contributed by atoms with E-state index in [0.717, 1.165) is 12.1 Å². The van der Waals surface area contributed by atoms with Crippen LogP contribution >= 0.6 is 0 Å². The molecule has 0 spiro atoms. The quantitative estimate of drug-likeness (QED) is 0.794. The lowest BCUT2D eigenvalue weighted by atomic mass is 10.0. The summed E-state index contributed by atoms with van der Waals surface area (Å²) in [5, 5.41) is 6.14. The monoisotopic (exact) mass is 234 g/mol. The van der Waals surface area contributed by atoms with Crippen LogP contribution in [0.5, 0.6) is 0 Å². The predicted octanol–water partition coefficient (Wildman–Crippen LogP) is 2.65. The number of hydrogen-bond acceptors (Lipinski definition) is 2. The van der Waals surface area contributed by atoms with Gasteiger partial charge in [0.1, 0.15) is 0 Å². The highest BCUT2D eigenvalue weighted by atomic mass is 16.1. The number of para-hydroxylation sites is 1. The Morgan fingerprint density at radius 3 is 2.41 bits per heavy atom. The van der Waals surface area contributed by atoms with E-state index in [-0.39, 0.29) is 5.91 Å². The van der Waals surface area contributed by atoms with E-state index in [0.29, 0.717) is 18.5 Å². The minimum Gasteiger partial charge on any atom is -0.325 e. The topological polar surface area (TPSA) is 41.1 Å². The maximum absolute atomic E-state index is 11.7. The molecule has 0 aromatic heterocycles. The summed E-state index contributed by atoms with van der Waals surface area (Å²) in [7, 11) is 0. The molecule has 0 aliphatic carbocycles. The smallest absolute Gasteiger partial charge is 0.238 e. The van der Waals surface area contributed by atoms with Crippen LogP contribution in [-0.4, -0.2) is 18.5 Å². The Bertz CT molecular complexity index is 335. The summed E-state index contributed by atoms with van der Waals surface area (Å²) in [6, 6.07) is 9.92. The van der Waals surface area contributed by atoms with Crippen molar-refractivity contribution in [2.75, 3.05) is 11.9 Å². The fraction of sp³-hybridized carbons (Fsp3) is 0.500. The molecule has 0 aliphatic rings. The van der Waals surface area contributed by atoms with Crippen LogP contribution < -0.4 is 10.6 Å². The SMILES string of the molecule is CCC(NCC(=O)Nc1ccccc1)C(C)C. The van der Waals surface area contributed by atoms with Crippen LogP contribution in [0.25, 0.3) is 0 Å². The van der Waals surface area contributed by atoms with Crippen LogP contribution in [0.15, 0.2) is 30.3 Å². The number of carbonyl (C=O) groups excluding carboxylic acids is 1. The minimum absolute atomic E-state index is 0.00954. The van der Waals surface area contributed by atoms with Gasteiger partial charge in [0, 0.05) is 11.7 Å². The third kappa shape index (κ3) is 5.00. The summed E-state index contributed by atoms with van der Waals surface area (Å²) in [6.07, 6.45) is 1.04. The van der Waals surface area contributed by atoms with Gasteiger partial charge in [-0.1, -0.05) is 39.0 Å². The Labute approximate surface area is 104 Å². The molecule has 94 valence electrons. The van der Waals surface area contributed by atoms with Crippen LogP contribution in [0.2, 0.25) is 0 Å². The van der Waals surface area contributed by atoms with E-state index in [1.165, 1.54) is 0 Å². The number of nitrogens with one attached hydrogen (secondary N) is 2. The molecule has 1 aromatic rings. The third-order valence-corrected chi connectivity index (χ3v) is 2.83. The number of amides is 1. The number of hydrogen-bond donors (Lipinski definition) is 2. The molecule has 0 heterocycles. The number of rotatable bonds is 6. The van der Waals surface area contributed by atoms with Crippen molar-refractivity contribution in [2.24, 2.45) is 5.92 Å². The van der Waals surface area contributed by atoms with Gasteiger partial charge in [-0.25, -0.2) is 0 Å². The van der Waals surface area contributed by atoms with Crippen LogP contribution in [-0.2, 0) is 4.79 Å². The highest BCUT2D eigenvalue weighted by Crippen LogP contribution is 2.06. The van der Waals surface area contributed by atoms with E-state index in [4.69, 9.17) is 0 Å². The second-order valence-electron chi connectivity index (χ2n) is 4.55. The van der Waals surface area contributed by atoms with Gasteiger partial charge in [-0.3, -0.25) is 4.79 Å². The Balaban J connectivity index is 2.35. The lowest BCUT2D eigenvalue weighted by Crippen LogP contribution is -2.38. The van der Waals surface area contributed by atoms with Gasteiger partial charge >= 0.3 is 0 Å². The molecule has 1 aromatic carbocycles. The Hall–Kier alpha value is -1.35. The Kier molecular flexibility index (Phi) is 5.70. The average molecular weight is 234 g/mol. The van der Waals surface area contributed by atoms with Crippen LogP contribution in [0.1, 0.15) is 27.2 Å². The molecular formula is C14H22N2O. The summed E-state index contributed by atoms with van der Waals surface area (Å²) in [4.78, 5) is 11.7. The molecule has 0 radical (unpaired) electrons. The fourth-order valence-corrected chi connectivity index (χ4v) is 1.80. The average Bonchev–Trinajstić information content (AvgIpc) is 2.30. The molecule has 3 nitrogen and oxygen atoms in total. The first-order chi connectivity index (χ1) is 8.13. The molecule has 1 amide bonds. The zero-order valence-electron chi connectivity index (χ0n) is 10.9. The summed E-state index contributed by atoms with van der Waals surface area (Å²) >= 11 is 0. The summed E-state index contributed by atoms with van der Waals surface area (Å²) < 4.78 is 0. The zero-order chi connectivity index (χ0) is 12.7. The molecular weight excluding hydrogens is 212 g/mol. The van der Waals surface area contributed by atoms with Crippen molar-refractivity contribution in [2.45, 2.75) is 33.2 Å². The molecule has 2 N–H and O–H groups in total. The van der Waals surface area contributed by atoms with Gasteiger partial charge in [0.25, 0.3) is 0 Å². The lowest BCUT2D eigenvalue weighted by molar-refractivity contribution is -0.115. The lowest BCUT2D eigenvalue weighted by Gasteiger charge is -2.20. The zero-order valence-corrected chi connectivity index (χ0v) is 10.9. The van der Waals surface area contributed by atoms with Crippen molar-refractivity contribution in [3.05, 3.63) is 30.3 Å². The van der Waals surface area contributed by atoms with Crippen molar-refractivity contribution >= 4 is 11.6 Å². The van der Waals surface area contributed by atoms with Gasteiger partial charge in [0.05, 0.1) is 6.54 Å². The second kappa shape index (κ2) is 7.07. The van der Waals surface area contributed by atoms with Crippen LogP contribution in [0, 0.1) is 5.92 Å². The molecule has 0 saturated carbocycles. The molecule has 3 heteroatoms. The maximum Gasteiger partial charge on any atom is 0.238 e. The van der Waals surface area contributed by atoms with Crippen LogP contribution in [0.4, 0.5) is 5.69 Å². The number of benzene rings is 1. The van der Waals surface area contributed by atoms with E-state index >= 15 is 0 Å². The van der Waals surface area contributed by atoms with E-state index in [9.17, 15) is 4.79 Å². The highest BCUT2D eigenvalue weighted by Gasteiger charge is 2.11. The van der Waals surface area contributed by atoms with Crippen molar-refractivity contribution in [1.29, 1.82) is 0 Å². The van der Waals surface area contributed by atoms with Crippen molar-refractivity contribution in [3.8, 4) is 0 Å². The third-order valence-electron chi connectivity index (χ3n) is 2.83. The molecule has 0 aliphatic heterocycles. The summed E-state index contributed by atoms with van der Waals surface area (Å²) in [5.74, 6) is 0.555. The Morgan fingerprint density at radius 1 is 1.24 bits per heavy atom. The van der Waals surface area contributed by atoms with E-state index in [1.54, 1.807) is 0 Å². The van der Waals surface area contributed by atoms with Gasteiger partial charge in [-0.15, -0.1) is 0 Å². The van der Waals surface area contributed by atoms with Gasteiger partial charge in [0.15, 0.2) is 0 Å². The largest absolute Gasteiger partial charge is 0.325 e. The van der Waals surface area contributed by atoms with Crippen molar-refractivity contribution in [3.63, 3.8) is 0 Å².